The van der Waals surface area contributed by atoms with Gasteiger partial charge in [0.05, 0.1) is 21.3 Å². The SMILES string of the molecule is COC(=O)C(N[C@H](C(=O)NC(C)(C)C)c1ccc(OC)c(C)c1OC)C(C)C. The number of ether oxygens (including phenoxy) is 3. The maximum Gasteiger partial charge on any atom is 0.323 e. The molecule has 1 aromatic rings. The molecule has 158 valence electrons. The maximum atomic E-state index is 13.1. The second-order valence-electron chi connectivity index (χ2n) is 8.10. The Bertz CT molecular complexity index is 695. The molecule has 7 heteroatoms. The monoisotopic (exact) mass is 394 g/mol. The standard InChI is InChI=1S/C21H34N2O5/c1-12(2)16(20(25)28-9)22-17(19(24)23-21(4,5)6)14-10-11-15(26-7)13(3)18(14)27-8/h10-12,16-17,22H,1-9H3,(H,23,24)/t16?,17-/m0/s1. The minimum absolute atomic E-state index is 0.0808. The van der Waals surface area contributed by atoms with Gasteiger partial charge in [0, 0.05) is 16.7 Å². The summed E-state index contributed by atoms with van der Waals surface area (Å²) in [5, 5.41) is 6.15. The zero-order chi connectivity index (χ0) is 21.6. The average molecular weight is 395 g/mol. The van der Waals surface area contributed by atoms with Crippen LogP contribution in [0.15, 0.2) is 12.1 Å². The summed E-state index contributed by atoms with van der Waals surface area (Å²) in [4.78, 5) is 25.4. The molecule has 2 atom stereocenters. The number of hydrogen-bond donors (Lipinski definition) is 2. The number of esters is 1. The van der Waals surface area contributed by atoms with Gasteiger partial charge in [-0.2, -0.15) is 0 Å². The molecule has 0 heterocycles. The Balaban J connectivity index is 3.49. The van der Waals surface area contributed by atoms with Gasteiger partial charge in [0.15, 0.2) is 0 Å². The van der Waals surface area contributed by atoms with E-state index in [1.165, 1.54) is 7.11 Å². The van der Waals surface area contributed by atoms with Crippen LogP contribution in [0, 0.1) is 12.8 Å². The summed E-state index contributed by atoms with van der Waals surface area (Å²) in [5.41, 5.74) is 0.957. The van der Waals surface area contributed by atoms with Crippen molar-refractivity contribution in [2.24, 2.45) is 5.92 Å². The summed E-state index contributed by atoms with van der Waals surface area (Å²) in [6, 6.07) is 2.09. The normalized spacial score (nSPS) is 13.6. The van der Waals surface area contributed by atoms with Crippen LogP contribution in [0.25, 0.3) is 0 Å². The number of nitrogens with one attached hydrogen (secondary N) is 2. The van der Waals surface area contributed by atoms with Crippen molar-refractivity contribution in [1.29, 1.82) is 0 Å². The van der Waals surface area contributed by atoms with E-state index in [1.807, 2.05) is 41.5 Å². The number of carbonyl (C=O) groups excluding carboxylic acids is 2. The molecule has 0 aromatic heterocycles. The van der Waals surface area contributed by atoms with Crippen molar-refractivity contribution in [3.63, 3.8) is 0 Å². The summed E-state index contributed by atoms with van der Waals surface area (Å²) in [5.74, 6) is 0.428. The van der Waals surface area contributed by atoms with Crippen LogP contribution >= 0.6 is 0 Å². The molecule has 0 saturated heterocycles. The van der Waals surface area contributed by atoms with E-state index < -0.39 is 23.6 Å². The molecule has 0 radical (unpaired) electrons. The highest BCUT2D eigenvalue weighted by Gasteiger charge is 2.34. The Morgan fingerprint density at radius 2 is 1.64 bits per heavy atom. The van der Waals surface area contributed by atoms with Crippen LogP contribution in [-0.4, -0.2) is 44.8 Å². The van der Waals surface area contributed by atoms with Crippen LogP contribution in [0.4, 0.5) is 0 Å². The summed E-state index contributed by atoms with van der Waals surface area (Å²) in [6.45, 7) is 11.4. The van der Waals surface area contributed by atoms with Crippen LogP contribution in [0.2, 0.25) is 0 Å². The van der Waals surface area contributed by atoms with Gasteiger partial charge in [-0.15, -0.1) is 0 Å². The number of amides is 1. The predicted octanol–water partition coefficient (Wildman–Crippen LogP) is 2.76. The Kier molecular flexibility index (Phi) is 8.29. The summed E-state index contributed by atoms with van der Waals surface area (Å²) >= 11 is 0. The molecule has 1 amide bonds. The third kappa shape index (κ3) is 5.86. The number of rotatable bonds is 8. The van der Waals surface area contributed by atoms with Crippen molar-refractivity contribution >= 4 is 11.9 Å². The van der Waals surface area contributed by atoms with Crippen molar-refractivity contribution < 1.29 is 23.8 Å². The molecule has 1 aromatic carbocycles. The molecule has 1 unspecified atom stereocenters. The molecule has 0 saturated carbocycles. The zero-order valence-electron chi connectivity index (χ0n) is 18.4. The van der Waals surface area contributed by atoms with Crippen LogP contribution in [0.3, 0.4) is 0 Å². The van der Waals surface area contributed by atoms with Crippen molar-refractivity contribution in [3.05, 3.63) is 23.3 Å². The first kappa shape index (κ1) is 23.8. The van der Waals surface area contributed by atoms with E-state index in [2.05, 4.69) is 10.6 Å². The number of hydrogen-bond acceptors (Lipinski definition) is 6. The Morgan fingerprint density at radius 1 is 1.04 bits per heavy atom. The molecule has 28 heavy (non-hydrogen) atoms. The number of benzene rings is 1. The lowest BCUT2D eigenvalue weighted by molar-refractivity contribution is -0.144. The summed E-state index contributed by atoms with van der Waals surface area (Å²) in [6.07, 6.45) is 0. The van der Waals surface area contributed by atoms with Gasteiger partial charge in [0.1, 0.15) is 23.6 Å². The zero-order valence-corrected chi connectivity index (χ0v) is 18.4. The number of carbonyl (C=O) groups is 2. The molecule has 0 aliphatic heterocycles. The van der Waals surface area contributed by atoms with E-state index in [1.54, 1.807) is 26.4 Å². The van der Waals surface area contributed by atoms with Crippen LogP contribution in [-0.2, 0) is 14.3 Å². The first-order valence-electron chi connectivity index (χ1n) is 9.34. The van der Waals surface area contributed by atoms with Gasteiger partial charge in [-0.3, -0.25) is 14.9 Å². The fourth-order valence-corrected chi connectivity index (χ4v) is 3.00. The van der Waals surface area contributed by atoms with Gasteiger partial charge < -0.3 is 19.5 Å². The molecule has 0 bridgehead atoms. The minimum Gasteiger partial charge on any atom is -0.496 e. The lowest BCUT2D eigenvalue weighted by Crippen LogP contribution is -2.51. The highest BCUT2D eigenvalue weighted by molar-refractivity contribution is 5.86. The van der Waals surface area contributed by atoms with Gasteiger partial charge >= 0.3 is 5.97 Å². The molecule has 2 N–H and O–H groups in total. The minimum atomic E-state index is -0.815. The topological polar surface area (TPSA) is 85.9 Å². The quantitative estimate of drug-likeness (QED) is 0.660. The molecule has 1 rings (SSSR count). The largest absolute Gasteiger partial charge is 0.496 e. The van der Waals surface area contributed by atoms with Gasteiger partial charge in [-0.1, -0.05) is 13.8 Å². The Labute approximate surface area is 168 Å². The lowest BCUT2D eigenvalue weighted by Gasteiger charge is -2.30. The van der Waals surface area contributed by atoms with Crippen molar-refractivity contribution in [2.45, 2.75) is 59.2 Å². The van der Waals surface area contributed by atoms with Crippen LogP contribution < -0.4 is 20.1 Å². The molecule has 7 nitrogen and oxygen atoms in total. The summed E-state index contributed by atoms with van der Waals surface area (Å²) in [7, 11) is 4.46. The van der Waals surface area contributed by atoms with Crippen molar-refractivity contribution in [2.75, 3.05) is 21.3 Å². The highest BCUT2D eigenvalue weighted by Crippen LogP contribution is 2.35. The first-order valence-corrected chi connectivity index (χ1v) is 9.34. The van der Waals surface area contributed by atoms with Gasteiger partial charge in [-0.25, -0.2) is 0 Å². The molecule has 0 aliphatic carbocycles. The second kappa shape index (κ2) is 9.78. The molecular formula is C21H34N2O5. The fourth-order valence-electron chi connectivity index (χ4n) is 3.00. The van der Waals surface area contributed by atoms with E-state index in [0.29, 0.717) is 17.1 Å². The third-order valence-electron chi connectivity index (χ3n) is 4.35. The van der Waals surface area contributed by atoms with Crippen LogP contribution in [0.5, 0.6) is 11.5 Å². The lowest BCUT2D eigenvalue weighted by atomic mass is 9.96. The first-order chi connectivity index (χ1) is 13.0. The van der Waals surface area contributed by atoms with E-state index in [4.69, 9.17) is 14.2 Å². The fraction of sp³-hybridized carbons (Fsp3) is 0.619. The van der Waals surface area contributed by atoms with E-state index in [9.17, 15) is 9.59 Å². The van der Waals surface area contributed by atoms with Gasteiger partial charge in [-0.05, 0) is 45.7 Å². The molecule has 0 spiro atoms. The second-order valence-corrected chi connectivity index (χ2v) is 8.10. The van der Waals surface area contributed by atoms with Gasteiger partial charge in [0.25, 0.3) is 0 Å². The summed E-state index contributed by atoms with van der Waals surface area (Å²) < 4.78 is 15.9. The van der Waals surface area contributed by atoms with Crippen LogP contribution in [0.1, 0.15) is 51.8 Å². The van der Waals surface area contributed by atoms with Crippen molar-refractivity contribution in [1.82, 2.24) is 10.6 Å². The predicted molar refractivity (Wildman–Crippen MR) is 109 cm³/mol. The van der Waals surface area contributed by atoms with E-state index in [0.717, 1.165) is 5.56 Å². The van der Waals surface area contributed by atoms with E-state index in [-0.39, 0.29) is 11.8 Å². The van der Waals surface area contributed by atoms with E-state index >= 15 is 0 Å². The maximum absolute atomic E-state index is 13.1. The molecule has 0 aliphatic rings. The number of methoxy groups -OCH3 is 3. The molecule has 0 fully saturated rings. The Hall–Kier alpha value is -2.28. The molecular weight excluding hydrogens is 360 g/mol. The highest BCUT2D eigenvalue weighted by atomic mass is 16.5. The smallest absolute Gasteiger partial charge is 0.323 e. The average Bonchev–Trinajstić information content (AvgIpc) is 2.59. The van der Waals surface area contributed by atoms with Crippen molar-refractivity contribution in [3.8, 4) is 11.5 Å². The Morgan fingerprint density at radius 3 is 2.07 bits per heavy atom. The third-order valence-corrected chi connectivity index (χ3v) is 4.35. The van der Waals surface area contributed by atoms with Gasteiger partial charge in [0.2, 0.25) is 5.91 Å².